The van der Waals surface area contributed by atoms with Gasteiger partial charge in [-0.3, -0.25) is 9.58 Å². The van der Waals surface area contributed by atoms with Crippen LogP contribution in [0.25, 0.3) is 4.85 Å². The summed E-state index contributed by atoms with van der Waals surface area (Å²) in [6, 6.07) is 13.8. The van der Waals surface area contributed by atoms with Crippen molar-refractivity contribution < 1.29 is 0 Å². The smallest absolute Gasteiger partial charge is 0.247 e. The van der Waals surface area contributed by atoms with Gasteiger partial charge in [0.1, 0.15) is 0 Å². The summed E-state index contributed by atoms with van der Waals surface area (Å²) in [5, 5.41) is 6.21. The van der Waals surface area contributed by atoms with Crippen molar-refractivity contribution in [3.05, 3.63) is 80.7 Å². The molecule has 0 saturated carbocycles. The number of benzene rings is 2. The van der Waals surface area contributed by atoms with Gasteiger partial charge in [0.15, 0.2) is 5.82 Å². The largest absolute Gasteiger partial charge is 0.391 e. The van der Waals surface area contributed by atoms with Crippen LogP contribution in [0.5, 0.6) is 0 Å². The van der Waals surface area contributed by atoms with Gasteiger partial charge in [-0.15, -0.1) is 0 Å². The summed E-state index contributed by atoms with van der Waals surface area (Å²) in [6.07, 6.45) is 2.62. The maximum Gasteiger partial charge on any atom is 0.247 e. The molecular formula is C23H23Cl3N6. The van der Waals surface area contributed by atoms with Gasteiger partial charge in [0.05, 0.1) is 23.3 Å². The molecule has 0 bridgehead atoms. The Kier molecular flexibility index (Phi) is 7.12. The molecular weight excluding hydrogens is 467 g/mol. The number of nitrogens with two attached hydrogens (primary N) is 1. The monoisotopic (exact) mass is 488 g/mol. The van der Waals surface area contributed by atoms with Crippen LogP contribution in [0, 0.1) is 6.57 Å². The predicted molar refractivity (Wildman–Crippen MR) is 132 cm³/mol. The number of hydrogen-bond donors (Lipinski definition) is 1. The van der Waals surface area contributed by atoms with Gasteiger partial charge in [-0.25, -0.2) is 4.85 Å². The second kappa shape index (κ2) is 10.0. The van der Waals surface area contributed by atoms with Gasteiger partial charge in [0.2, 0.25) is 5.69 Å². The molecule has 1 aliphatic rings. The van der Waals surface area contributed by atoms with E-state index >= 15 is 0 Å². The molecule has 1 aliphatic heterocycles. The molecule has 0 amide bonds. The van der Waals surface area contributed by atoms with Gasteiger partial charge in [-0.1, -0.05) is 46.9 Å². The lowest BCUT2D eigenvalue weighted by Gasteiger charge is -2.43. The van der Waals surface area contributed by atoms with E-state index in [9.17, 15) is 0 Å². The maximum atomic E-state index is 7.12. The lowest BCUT2D eigenvalue weighted by Crippen LogP contribution is -2.49. The van der Waals surface area contributed by atoms with E-state index in [4.69, 9.17) is 47.1 Å². The Balaban J connectivity index is 1.48. The van der Waals surface area contributed by atoms with Gasteiger partial charge in [-0.05, 0) is 42.3 Å². The molecule has 0 spiro atoms. The molecule has 4 rings (SSSR count). The quantitative estimate of drug-likeness (QED) is 0.436. The van der Waals surface area contributed by atoms with Crippen molar-refractivity contribution >= 4 is 52.0 Å². The molecule has 1 aromatic heterocycles. The number of halogens is 3. The number of hydrogen-bond acceptors (Lipinski definition) is 4. The average molecular weight is 490 g/mol. The second-order valence-corrected chi connectivity index (χ2v) is 9.07. The van der Waals surface area contributed by atoms with Gasteiger partial charge in [-0.2, -0.15) is 5.10 Å². The summed E-state index contributed by atoms with van der Waals surface area (Å²) in [4.78, 5) is 8.17. The normalized spacial score (nSPS) is 16.8. The van der Waals surface area contributed by atoms with Crippen molar-refractivity contribution in [2.75, 3.05) is 36.8 Å². The third-order valence-electron chi connectivity index (χ3n) is 5.69. The highest BCUT2D eigenvalue weighted by atomic mass is 35.5. The lowest BCUT2D eigenvalue weighted by atomic mass is 10.0. The van der Waals surface area contributed by atoms with Gasteiger partial charge >= 0.3 is 0 Å². The summed E-state index contributed by atoms with van der Waals surface area (Å²) in [5.41, 5.74) is 8.33. The molecule has 9 heteroatoms. The van der Waals surface area contributed by atoms with Crippen molar-refractivity contribution in [3.8, 4) is 0 Å². The lowest BCUT2D eigenvalue weighted by molar-refractivity contribution is 0.217. The summed E-state index contributed by atoms with van der Waals surface area (Å²) in [5.74, 6) is 0.288. The summed E-state index contributed by atoms with van der Waals surface area (Å²) >= 11 is 18.8. The third kappa shape index (κ3) is 5.13. The minimum atomic E-state index is 0.133. The van der Waals surface area contributed by atoms with Gasteiger partial charge in [0.25, 0.3) is 0 Å². The number of piperazine rings is 1. The van der Waals surface area contributed by atoms with E-state index in [0.29, 0.717) is 22.3 Å². The fraction of sp³-hybridized carbons (Fsp3) is 0.304. The van der Waals surface area contributed by atoms with E-state index < -0.39 is 0 Å². The van der Waals surface area contributed by atoms with E-state index in [1.165, 1.54) is 5.56 Å². The standard InChI is InChI=1S/C23H23Cl3N6/c1-28-20-14-31(29-23(20)27)10-2-9-30-11-12-32(21-8-7-18(25)13-19(21)26)22(15-30)16-3-5-17(24)6-4-16/h3-8,13-14,22H,2,9-12,15H2,(H2,27,29). The van der Waals surface area contributed by atoms with Crippen LogP contribution < -0.4 is 10.6 Å². The molecule has 32 heavy (non-hydrogen) atoms. The van der Waals surface area contributed by atoms with Crippen LogP contribution in [0.15, 0.2) is 48.7 Å². The summed E-state index contributed by atoms with van der Waals surface area (Å²) in [7, 11) is 0. The number of nitrogens with zero attached hydrogens (tertiary/aromatic N) is 5. The predicted octanol–water partition coefficient (Wildman–Crippen LogP) is 5.93. The number of aryl methyl sites for hydroxylation is 1. The molecule has 2 N–H and O–H groups in total. The molecule has 1 atom stereocenters. The zero-order valence-corrected chi connectivity index (χ0v) is 19.7. The Bertz CT molecular complexity index is 1120. The molecule has 3 aromatic rings. The zero-order chi connectivity index (χ0) is 22.7. The van der Waals surface area contributed by atoms with Gasteiger partial charge in [0, 0.05) is 49.0 Å². The van der Waals surface area contributed by atoms with E-state index in [1.807, 2.05) is 24.3 Å². The molecule has 0 aliphatic carbocycles. The van der Waals surface area contributed by atoms with Crippen LogP contribution in [-0.4, -0.2) is 40.9 Å². The highest BCUT2D eigenvalue weighted by Crippen LogP contribution is 2.36. The first-order valence-corrected chi connectivity index (χ1v) is 11.5. The van der Waals surface area contributed by atoms with E-state index in [1.54, 1.807) is 16.9 Å². The average Bonchev–Trinajstić information content (AvgIpc) is 3.14. The van der Waals surface area contributed by atoms with Crippen LogP contribution in [0.2, 0.25) is 15.1 Å². The van der Waals surface area contributed by atoms with Crippen LogP contribution in [0.4, 0.5) is 17.2 Å². The maximum absolute atomic E-state index is 7.12. The van der Waals surface area contributed by atoms with Crippen molar-refractivity contribution in [3.63, 3.8) is 0 Å². The molecule has 1 unspecified atom stereocenters. The first-order valence-electron chi connectivity index (χ1n) is 10.3. The molecule has 2 heterocycles. The Hall–Kier alpha value is -2.43. The fourth-order valence-corrected chi connectivity index (χ4v) is 4.74. The van der Waals surface area contributed by atoms with Crippen molar-refractivity contribution in [2.45, 2.75) is 19.0 Å². The Morgan fingerprint density at radius 1 is 1.03 bits per heavy atom. The Labute approximate surface area is 202 Å². The van der Waals surface area contributed by atoms with Crippen LogP contribution in [0.3, 0.4) is 0 Å². The molecule has 0 radical (unpaired) electrons. The fourth-order valence-electron chi connectivity index (χ4n) is 4.10. The highest BCUT2D eigenvalue weighted by Gasteiger charge is 2.29. The first-order chi connectivity index (χ1) is 15.4. The molecule has 1 fully saturated rings. The van der Waals surface area contributed by atoms with E-state index in [0.717, 1.165) is 43.3 Å². The number of rotatable bonds is 6. The van der Waals surface area contributed by atoms with Crippen LogP contribution in [-0.2, 0) is 6.54 Å². The van der Waals surface area contributed by atoms with Crippen molar-refractivity contribution in [1.82, 2.24) is 14.7 Å². The minimum Gasteiger partial charge on any atom is -0.391 e. The van der Waals surface area contributed by atoms with Crippen molar-refractivity contribution in [2.24, 2.45) is 0 Å². The Morgan fingerprint density at radius 2 is 1.78 bits per heavy atom. The molecule has 6 nitrogen and oxygen atoms in total. The minimum absolute atomic E-state index is 0.133. The number of nitrogen functional groups attached to an aromatic ring is 1. The molecule has 166 valence electrons. The highest BCUT2D eigenvalue weighted by molar-refractivity contribution is 6.36. The topological polar surface area (TPSA) is 54.7 Å². The SMILES string of the molecule is [C-]#[N+]c1cn(CCCN2CCN(c3ccc(Cl)cc3Cl)C(c3ccc(Cl)cc3)C2)nc1N. The van der Waals surface area contributed by atoms with E-state index in [2.05, 4.69) is 31.9 Å². The summed E-state index contributed by atoms with van der Waals surface area (Å²) in [6.45, 7) is 11.4. The number of anilines is 2. The third-order valence-corrected chi connectivity index (χ3v) is 6.48. The zero-order valence-electron chi connectivity index (χ0n) is 17.4. The van der Waals surface area contributed by atoms with Crippen LogP contribution in [0.1, 0.15) is 18.0 Å². The molecule has 2 aromatic carbocycles. The second-order valence-electron chi connectivity index (χ2n) is 7.79. The van der Waals surface area contributed by atoms with Crippen LogP contribution >= 0.6 is 34.8 Å². The summed E-state index contributed by atoms with van der Waals surface area (Å²) < 4.78 is 1.75. The first kappa shape index (κ1) is 22.8. The van der Waals surface area contributed by atoms with E-state index in [-0.39, 0.29) is 11.9 Å². The Morgan fingerprint density at radius 3 is 2.47 bits per heavy atom. The van der Waals surface area contributed by atoms with Gasteiger partial charge < -0.3 is 10.6 Å². The number of aromatic nitrogens is 2. The molecule has 1 saturated heterocycles. The van der Waals surface area contributed by atoms with Crippen molar-refractivity contribution in [1.29, 1.82) is 0 Å².